The van der Waals surface area contributed by atoms with Crippen LogP contribution in [0.1, 0.15) is 44.2 Å². The van der Waals surface area contributed by atoms with Crippen molar-refractivity contribution in [2.75, 3.05) is 19.7 Å². The monoisotopic (exact) mass is 274 g/mol. The summed E-state index contributed by atoms with van der Waals surface area (Å²) in [6.07, 6.45) is 5.19. The molecule has 2 aliphatic rings. The number of nitrogens with zero attached hydrogens (tertiary/aromatic N) is 1. The topological polar surface area (TPSA) is 38.5 Å². The molecular formula is C17H26N2O. The third-order valence-corrected chi connectivity index (χ3v) is 4.79. The first-order chi connectivity index (χ1) is 9.81. The molecule has 3 nitrogen and oxygen atoms in total. The zero-order valence-electron chi connectivity index (χ0n) is 12.4. The van der Waals surface area contributed by atoms with Crippen molar-refractivity contribution < 1.29 is 4.74 Å². The molecule has 110 valence electrons. The largest absolute Gasteiger partial charge is 0.494 e. The maximum Gasteiger partial charge on any atom is 0.119 e. The summed E-state index contributed by atoms with van der Waals surface area (Å²) in [4.78, 5) is 2.63. The second-order valence-corrected chi connectivity index (χ2v) is 6.20. The van der Waals surface area contributed by atoms with Gasteiger partial charge in [-0.25, -0.2) is 0 Å². The summed E-state index contributed by atoms with van der Waals surface area (Å²) in [7, 11) is 0. The Morgan fingerprint density at radius 1 is 1.40 bits per heavy atom. The van der Waals surface area contributed by atoms with E-state index in [1.165, 1.54) is 31.4 Å². The van der Waals surface area contributed by atoms with Crippen LogP contribution in [0.2, 0.25) is 0 Å². The Kier molecular flexibility index (Phi) is 4.27. The average molecular weight is 274 g/mol. The Hall–Kier alpha value is -1.06. The molecule has 1 heterocycles. The van der Waals surface area contributed by atoms with E-state index in [2.05, 4.69) is 30.0 Å². The van der Waals surface area contributed by atoms with Gasteiger partial charge in [0, 0.05) is 25.2 Å². The van der Waals surface area contributed by atoms with Gasteiger partial charge >= 0.3 is 0 Å². The SMILES string of the molecule is CCCOc1cccc(C(CN)N2CC3CCC2C3)c1. The molecular weight excluding hydrogens is 248 g/mol. The number of likely N-dealkylation sites (tertiary alicyclic amines) is 1. The Balaban J connectivity index is 1.75. The molecule has 3 rings (SSSR count). The molecule has 1 aromatic rings. The third kappa shape index (κ3) is 2.70. The van der Waals surface area contributed by atoms with E-state index in [0.29, 0.717) is 12.6 Å². The molecule has 1 saturated heterocycles. The number of hydrogen-bond acceptors (Lipinski definition) is 3. The normalized spacial score (nSPS) is 26.9. The summed E-state index contributed by atoms with van der Waals surface area (Å²) in [5.41, 5.74) is 7.40. The fourth-order valence-electron chi connectivity index (χ4n) is 3.84. The van der Waals surface area contributed by atoms with Crippen molar-refractivity contribution >= 4 is 0 Å². The van der Waals surface area contributed by atoms with E-state index in [4.69, 9.17) is 10.5 Å². The van der Waals surface area contributed by atoms with E-state index >= 15 is 0 Å². The first-order valence-electron chi connectivity index (χ1n) is 8.00. The molecule has 3 heteroatoms. The summed E-state index contributed by atoms with van der Waals surface area (Å²) in [6.45, 7) is 4.84. The fourth-order valence-corrected chi connectivity index (χ4v) is 3.84. The van der Waals surface area contributed by atoms with Crippen LogP contribution in [0.5, 0.6) is 5.75 Å². The van der Waals surface area contributed by atoms with Gasteiger partial charge in [0.1, 0.15) is 5.75 Å². The highest BCUT2D eigenvalue weighted by atomic mass is 16.5. The average Bonchev–Trinajstić information content (AvgIpc) is 3.09. The van der Waals surface area contributed by atoms with Crippen molar-refractivity contribution in [2.24, 2.45) is 11.7 Å². The second-order valence-electron chi connectivity index (χ2n) is 6.20. The van der Waals surface area contributed by atoms with Crippen molar-refractivity contribution in [2.45, 2.75) is 44.7 Å². The standard InChI is InChI=1S/C17H26N2O/c1-2-8-20-16-5-3-4-14(10-16)17(11-18)19-12-13-6-7-15(19)9-13/h3-5,10,13,15,17H,2,6-9,11-12,18H2,1H3. The number of piperidine rings is 1. The van der Waals surface area contributed by atoms with Crippen LogP contribution in [0.25, 0.3) is 0 Å². The minimum atomic E-state index is 0.357. The van der Waals surface area contributed by atoms with Crippen LogP contribution >= 0.6 is 0 Å². The van der Waals surface area contributed by atoms with Crippen molar-refractivity contribution in [1.82, 2.24) is 4.90 Å². The molecule has 0 amide bonds. The lowest BCUT2D eigenvalue weighted by atomic mass is 10.0. The number of fused-ring (bicyclic) bond motifs is 2. The van der Waals surface area contributed by atoms with Gasteiger partial charge in [-0.05, 0) is 49.3 Å². The Labute approximate surface area is 122 Å². The molecule has 2 N–H and O–H groups in total. The van der Waals surface area contributed by atoms with E-state index in [1.54, 1.807) is 0 Å². The molecule has 1 aromatic carbocycles. The highest BCUT2D eigenvalue weighted by Crippen LogP contribution is 2.42. The number of nitrogens with two attached hydrogens (primary N) is 1. The summed E-state index contributed by atoms with van der Waals surface area (Å²) in [5.74, 6) is 1.89. The molecule has 2 fully saturated rings. The predicted octanol–water partition coefficient (Wildman–Crippen LogP) is 2.96. The predicted molar refractivity (Wildman–Crippen MR) is 81.9 cm³/mol. The van der Waals surface area contributed by atoms with Crippen LogP contribution in [0, 0.1) is 5.92 Å². The smallest absolute Gasteiger partial charge is 0.119 e. The molecule has 0 aromatic heterocycles. The maximum absolute atomic E-state index is 6.08. The molecule has 1 aliphatic carbocycles. The molecule has 0 radical (unpaired) electrons. The van der Waals surface area contributed by atoms with Gasteiger partial charge in [0.25, 0.3) is 0 Å². The molecule has 1 saturated carbocycles. The third-order valence-electron chi connectivity index (χ3n) is 4.79. The van der Waals surface area contributed by atoms with Crippen molar-refractivity contribution in [3.8, 4) is 5.75 Å². The summed E-state index contributed by atoms with van der Waals surface area (Å²) in [6, 6.07) is 9.63. The Bertz CT molecular complexity index is 448. The van der Waals surface area contributed by atoms with Crippen LogP contribution in [-0.2, 0) is 0 Å². The van der Waals surface area contributed by atoms with Gasteiger partial charge in [-0.1, -0.05) is 19.1 Å². The number of benzene rings is 1. The van der Waals surface area contributed by atoms with E-state index in [1.807, 2.05) is 6.07 Å². The summed E-state index contributed by atoms with van der Waals surface area (Å²) >= 11 is 0. The fraction of sp³-hybridized carbons (Fsp3) is 0.647. The van der Waals surface area contributed by atoms with Gasteiger partial charge in [0.05, 0.1) is 6.61 Å². The highest BCUT2D eigenvalue weighted by Gasteiger charge is 2.40. The second kappa shape index (κ2) is 6.15. The van der Waals surface area contributed by atoms with E-state index in [0.717, 1.165) is 30.7 Å². The van der Waals surface area contributed by atoms with E-state index in [-0.39, 0.29) is 0 Å². The van der Waals surface area contributed by atoms with Gasteiger partial charge in [-0.2, -0.15) is 0 Å². The van der Waals surface area contributed by atoms with Crippen LogP contribution in [0.3, 0.4) is 0 Å². The lowest BCUT2D eigenvalue weighted by Gasteiger charge is -2.34. The van der Waals surface area contributed by atoms with Crippen LogP contribution in [-0.4, -0.2) is 30.6 Å². The quantitative estimate of drug-likeness (QED) is 0.866. The Morgan fingerprint density at radius 2 is 2.30 bits per heavy atom. The molecule has 2 bridgehead atoms. The molecule has 1 aliphatic heterocycles. The highest BCUT2D eigenvalue weighted by molar-refractivity contribution is 5.31. The van der Waals surface area contributed by atoms with Gasteiger partial charge in [0.2, 0.25) is 0 Å². The van der Waals surface area contributed by atoms with Gasteiger partial charge in [-0.3, -0.25) is 4.90 Å². The lowest BCUT2D eigenvalue weighted by molar-refractivity contribution is 0.153. The lowest BCUT2D eigenvalue weighted by Crippen LogP contribution is -2.39. The molecule has 0 spiro atoms. The number of rotatable bonds is 6. The number of hydrogen-bond donors (Lipinski definition) is 1. The number of ether oxygens (including phenoxy) is 1. The van der Waals surface area contributed by atoms with Gasteiger partial charge in [-0.15, -0.1) is 0 Å². The van der Waals surface area contributed by atoms with E-state index < -0.39 is 0 Å². The van der Waals surface area contributed by atoms with Gasteiger partial charge in [0.15, 0.2) is 0 Å². The zero-order valence-corrected chi connectivity index (χ0v) is 12.4. The van der Waals surface area contributed by atoms with Crippen molar-refractivity contribution in [3.05, 3.63) is 29.8 Å². The summed E-state index contributed by atoms with van der Waals surface area (Å²) < 4.78 is 5.76. The minimum Gasteiger partial charge on any atom is -0.494 e. The zero-order chi connectivity index (χ0) is 13.9. The molecule has 3 atom stereocenters. The molecule has 20 heavy (non-hydrogen) atoms. The summed E-state index contributed by atoms with van der Waals surface area (Å²) in [5, 5.41) is 0. The van der Waals surface area contributed by atoms with Crippen LogP contribution in [0.15, 0.2) is 24.3 Å². The van der Waals surface area contributed by atoms with Crippen molar-refractivity contribution in [3.63, 3.8) is 0 Å². The van der Waals surface area contributed by atoms with Crippen molar-refractivity contribution in [1.29, 1.82) is 0 Å². The maximum atomic E-state index is 6.08. The Morgan fingerprint density at radius 3 is 2.95 bits per heavy atom. The van der Waals surface area contributed by atoms with E-state index in [9.17, 15) is 0 Å². The van der Waals surface area contributed by atoms with Gasteiger partial charge < -0.3 is 10.5 Å². The minimum absolute atomic E-state index is 0.357. The molecule has 3 unspecified atom stereocenters. The first-order valence-corrected chi connectivity index (χ1v) is 8.00. The van der Waals surface area contributed by atoms with Crippen LogP contribution < -0.4 is 10.5 Å². The first kappa shape index (κ1) is 13.9. The van der Waals surface area contributed by atoms with Crippen LogP contribution in [0.4, 0.5) is 0 Å².